The lowest BCUT2D eigenvalue weighted by Gasteiger charge is -2.28. The van der Waals surface area contributed by atoms with Gasteiger partial charge in [-0.05, 0) is 26.2 Å². The quantitative estimate of drug-likeness (QED) is 0.629. The van der Waals surface area contributed by atoms with Crippen LogP contribution in [-0.4, -0.2) is 50.3 Å². The standard InChI is InChI=1S/C12H26N2O/c1-4-11(2)14(9-10-15-3)8-7-13-12-5-6-12/h11-13H,4-10H2,1-3H3. The van der Waals surface area contributed by atoms with Crippen LogP contribution in [0.15, 0.2) is 0 Å². The molecule has 0 aromatic carbocycles. The van der Waals surface area contributed by atoms with Crippen LogP contribution in [0.25, 0.3) is 0 Å². The molecule has 1 aliphatic carbocycles. The van der Waals surface area contributed by atoms with Gasteiger partial charge in [0.05, 0.1) is 6.61 Å². The predicted octanol–water partition coefficient (Wildman–Crippen LogP) is 1.49. The highest BCUT2D eigenvalue weighted by Crippen LogP contribution is 2.18. The largest absolute Gasteiger partial charge is 0.383 e. The van der Waals surface area contributed by atoms with E-state index in [0.29, 0.717) is 6.04 Å². The van der Waals surface area contributed by atoms with E-state index < -0.39 is 0 Å². The average molecular weight is 214 g/mol. The Morgan fingerprint density at radius 1 is 1.40 bits per heavy atom. The van der Waals surface area contributed by atoms with Gasteiger partial charge in [0.15, 0.2) is 0 Å². The second kappa shape index (κ2) is 7.20. The number of rotatable bonds is 9. The molecule has 0 amide bonds. The van der Waals surface area contributed by atoms with Gasteiger partial charge in [-0.3, -0.25) is 4.90 Å². The van der Waals surface area contributed by atoms with Crippen molar-refractivity contribution in [2.75, 3.05) is 33.4 Å². The maximum Gasteiger partial charge on any atom is 0.0589 e. The minimum Gasteiger partial charge on any atom is -0.383 e. The van der Waals surface area contributed by atoms with Crippen LogP contribution in [0.5, 0.6) is 0 Å². The van der Waals surface area contributed by atoms with Gasteiger partial charge in [0.25, 0.3) is 0 Å². The zero-order chi connectivity index (χ0) is 11.1. The molecule has 1 rings (SSSR count). The number of nitrogens with zero attached hydrogens (tertiary/aromatic N) is 1. The fraction of sp³-hybridized carbons (Fsp3) is 1.00. The van der Waals surface area contributed by atoms with Crippen molar-refractivity contribution in [2.24, 2.45) is 0 Å². The van der Waals surface area contributed by atoms with Gasteiger partial charge in [0.1, 0.15) is 0 Å². The van der Waals surface area contributed by atoms with Crippen molar-refractivity contribution in [1.82, 2.24) is 10.2 Å². The van der Waals surface area contributed by atoms with Crippen LogP contribution >= 0.6 is 0 Å². The first kappa shape index (κ1) is 12.9. The Kier molecular flexibility index (Phi) is 6.22. The monoisotopic (exact) mass is 214 g/mol. The lowest BCUT2D eigenvalue weighted by molar-refractivity contribution is 0.123. The summed E-state index contributed by atoms with van der Waals surface area (Å²) in [5.41, 5.74) is 0. The maximum atomic E-state index is 5.14. The lowest BCUT2D eigenvalue weighted by Crippen LogP contribution is -2.40. The fourth-order valence-corrected chi connectivity index (χ4v) is 1.72. The number of ether oxygens (including phenoxy) is 1. The summed E-state index contributed by atoms with van der Waals surface area (Å²) in [4.78, 5) is 2.51. The Labute approximate surface area is 94.2 Å². The van der Waals surface area contributed by atoms with Crippen LogP contribution in [0.4, 0.5) is 0 Å². The third-order valence-electron chi connectivity index (χ3n) is 3.21. The maximum absolute atomic E-state index is 5.14. The molecular weight excluding hydrogens is 188 g/mol. The number of nitrogens with one attached hydrogen (secondary N) is 1. The highest BCUT2D eigenvalue weighted by Gasteiger charge is 2.20. The first-order valence-electron chi connectivity index (χ1n) is 6.24. The highest BCUT2D eigenvalue weighted by molar-refractivity contribution is 4.81. The topological polar surface area (TPSA) is 24.5 Å². The second-order valence-electron chi connectivity index (χ2n) is 4.51. The third kappa shape index (κ3) is 5.50. The Morgan fingerprint density at radius 2 is 2.13 bits per heavy atom. The SMILES string of the molecule is CCC(C)N(CCNC1CC1)CCOC. The minimum absolute atomic E-state index is 0.668. The molecule has 1 N–H and O–H groups in total. The normalized spacial score (nSPS) is 18.4. The number of methoxy groups -OCH3 is 1. The molecule has 1 atom stereocenters. The highest BCUT2D eigenvalue weighted by atomic mass is 16.5. The van der Waals surface area contributed by atoms with Gasteiger partial charge in [0.2, 0.25) is 0 Å². The summed E-state index contributed by atoms with van der Waals surface area (Å²) in [7, 11) is 1.78. The van der Waals surface area contributed by atoms with E-state index in [1.54, 1.807) is 7.11 Å². The van der Waals surface area contributed by atoms with Crippen LogP contribution in [-0.2, 0) is 4.74 Å². The molecule has 0 saturated heterocycles. The summed E-state index contributed by atoms with van der Waals surface area (Å²) in [6.45, 7) is 8.71. The van der Waals surface area contributed by atoms with E-state index in [4.69, 9.17) is 4.74 Å². The Hall–Kier alpha value is -0.120. The summed E-state index contributed by atoms with van der Waals surface area (Å²) in [5, 5.41) is 3.56. The van der Waals surface area contributed by atoms with Crippen molar-refractivity contribution in [2.45, 2.75) is 45.2 Å². The van der Waals surface area contributed by atoms with Gasteiger partial charge >= 0.3 is 0 Å². The molecule has 3 nitrogen and oxygen atoms in total. The molecule has 1 saturated carbocycles. The van der Waals surface area contributed by atoms with E-state index in [0.717, 1.165) is 32.3 Å². The summed E-state index contributed by atoms with van der Waals surface area (Å²) >= 11 is 0. The van der Waals surface area contributed by atoms with E-state index in [1.165, 1.54) is 19.3 Å². The molecule has 0 aromatic rings. The molecule has 90 valence electrons. The summed E-state index contributed by atoms with van der Waals surface area (Å²) in [6.07, 6.45) is 3.97. The van der Waals surface area contributed by atoms with Crippen molar-refractivity contribution >= 4 is 0 Å². The van der Waals surface area contributed by atoms with Crippen LogP contribution in [0, 0.1) is 0 Å². The molecule has 0 aliphatic heterocycles. The smallest absolute Gasteiger partial charge is 0.0589 e. The van der Waals surface area contributed by atoms with Crippen molar-refractivity contribution < 1.29 is 4.74 Å². The number of hydrogen-bond donors (Lipinski definition) is 1. The predicted molar refractivity (Wildman–Crippen MR) is 64.2 cm³/mol. The van der Waals surface area contributed by atoms with E-state index in [2.05, 4.69) is 24.1 Å². The van der Waals surface area contributed by atoms with Gasteiger partial charge in [-0.1, -0.05) is 6.92 Å². The summed E-state index contributed by atoms with van der Waals surface area (Å²) in [5.74, 6) is 0. The second-order valence-corrected chi connectivity index (χ2v) is 4.51. The van der Waals surface area contributed by atoms with E-state index in [9.17, 15) is 0 Å². The van der Waals surface area contributed by atoms with Crippen molar-refractivity contribution in [3.05, 3.63) is 0 Å². The Bertz CT molecular complexity index is 160. The molecule has 0 aromatic heterocycles. The van der Waals surface area contributed by atoms with E-state index in [1.807, 2.05) is 0 Å². The lowest BCUT2D eigenvalue weighted by atomic mass is 10.2. The molecule has 1 unspecified atom stereocenters. The van der Waals surface area contributed by atoms with Gasteiger partial charge < -0.3 is 10.1 Å². The van der Waals surface area contributed by atoms with Crippen molar-refractivity contribution in [1.29, 1.82) is 0 Å². The molecular formula is C12H26N2O. The minimum atomic E-state index is 0.668. The molecule has 15 heavy (non-hydrogen) atoms. The van der Waals surface area contributed by atoms with Gasteiger partial charge in [-0.2, -0.15) is 0 Å². The summed E-state index contributed by atoms with van der Waals surface area (Å²) < 4.78 is 5.14. The van der Waals surface area contributed by atoms with Crippen LogP contribution in [0.2, 0.25) is 0 Å². The Balaban J connectivity index is 2.13. The molecule has 3 heteroatoms. The molecule has 1 aliphatic rings. The first-order chi connectivity index (χ1) is 7.27. The van der Waals surface area contributed by atoms with Crippen LogP contribution in [0.3, 0.4) is 0 Å². The van der Waals surface area contributed by atoms with Gasteiger partial charge in [0, 0.05) is 38.8 Å². The number of hydrogen-bond acceptors (Lipinski definition) is 3. The molecule has 0 radical (unpaired) electrons. The van der Waals surface area contributed by atoms with Crippen molar-refractivity contribution in [3.63, 3.8) is 0 Å². The Morgan fingerprint density at radius 3 is 2.67 bits per heavy atom. The fourth-order valence-electron chi connectivity index (χ4n) is 1.72. The molecule has 1 fully saturated rings. The van der Waals surface area contributed by atoms with Crippen LogP contribution in [0.1, 0.15) is 33.1 Å². The van der Waals surface area contributed by atoms with Crippen molar-refractivity contribution in [3.8, 4) is 0 Å². The molecule has 0 bridgehead atoms. The van der Waals surface area contributed by atoms with E-state index in [-0.39, 0.29) is 0 Å². The van der Waals surface area contributed by atoms with E-state index >= 15 is 0 Å². The molecule has 0 spiro atoms. The summed E-state index contributed by atoms with van der Waals surface area (Å²) in [6, 6.07) is 1.49. The third-order valence-corrected chi connectivity index (χ3v) is 3.21. The first-order valence-corrected chi connectivity index (χ1v) is 6.24. The average Bonchev–Trinajstić information content (AvgIpc) is 3.06. The zero-order valence-electron chi connectivity index (χ0n) is 10.5. The zero-order valence-corrected chi connectivity index (χ0v) is 10.5. The van der Waals surface area contributed by atoms with Gasteiger partial charge in [-0.25, -0.2) is 0 Å². The van der Waals surface area contributed by atoms with Crippen LogP contribution < -0.4 is 5.32 Å². The molecule has 0 heterocycles. The van der Waals surface area contributed by atoms with Gasteiger partial charge in [-0.15, -0.1) is 0 Å².